The van der Waals surface area contributed by atoms with Crippen molar-refractivity contribution in [3.63, 3.8) is 0 Å². The number of anilines is 1. The van der Waals surface area contributed by atoms with E-state index in [1.165, 1.54) is 24.3 Å². The summed E-state index contributed by atoms with van der Waals surface area (Å²) in [6, 6.07) is 17.8. The van der Waals surface area contributed by atoms with Gasteiger partial charge in [-0.2, -0.15) is 4.57 Å². The van der Waals surface area contributed by atoms with E-state index in [0.717, 1.165) is 0 Å². The molecule has 0 radical (unpaired) electrons. The minimum absolute atomic E-state index is 0. The Bertz CT molecular complexity index is 882. The van der Waals surface area contributed by atoms with E-state index in [1.807, 2.05) is 6.07 Å². The SMILES string of the molecule is O=C(C[n+]1ccc(NC(=O)c2ccccc2)cc1)c1ccc(F)cc1.[Br-]. The molecule has 3 rings (SSSR count). The normalized spacial score (nSPS) is 9.88. The molecule has 2 aromatic carbocycles. The van der Waals surface area contributed by atoms with E-state index in [9.17, 15) is 14.0 Å². The van der Waals surface area contributed by atoms with E-state index < -0.39 is 0 Å². The van der Waals surface area contributed by atoms with Gasteiger partial charge >= 0.3 is 0 Å². The molecule has 0 unspecified atom stereocenters. The van der Waals surface area contributed by atoms with Crippen molar-refractivity contribution in [3.8, 4) is 0 Å². The molecule has 1 heterocycles. The summed E-state index contributed by atoms with van der Waals surface area (Å²) in [5, 5.41) is 2.80. The van der Waals surface area contributed by atoms with E-state index >= 15 is 0 Å². The van der Waals surface area contributed by atoms with Gasteiger partial charge in [0, 0.05) is 23.3 Å². The maximum absolute atomic E-state index is 12.9. The molecule has 132 valence electrons. The van der Waals surface area contributed by atoms with Crippen LogP contribution in [0.1, 0.15) is 20.7 Å². The molecular formula is C20H16BrFN2O2. The predicted octanol–water partition coefficient (Wildman–Crippen LogP) is 0.252. The molecule has 0 saturated carbocycles. The minimum atomic E-state index is -0.372. The lowest BCUT2D eigenvalue weighted by molar-refractivity contribution is -0.683. The monoisotopic (exact) mass is 414 g/mol. The smallest absolute Gasteiger partial charge is 0.255 e. The third-order valence-electron chi connectivity index (χ3n) is 3.68. The molecule has 0 bridgehead atoms. The Balaban J connectivity index is 0.00000243. The molecule has 6 heteroatoms. The molecule has 1 amide bonds. The van der Waals surface area contributed by atoms with Crippen LogP contribution in [0.3, 0.4) is 0 Å². The van der Waals surface area contributed by atoms with Crippen LogP contribution < -0.4 is 26.9 Å². The highest BCUT2D eigenvalue weighted by molar-refractivity contribution is 6.04. The average molecular weight is 415 g/mol. The number of benzene rings is 2. The Morgan fingerprint density at radius 1 is 0.846 bits per heavy atom. The Kier molecular flexibility index (Phi) is 6.74. The molecule has 1 N–H and O–H groups in total. The molecule has 0 atom stereocenters. The maximum atomic E-state index is 12.9. The Morgan fingerprint density at radius 2 is 1.46 bits per heavy atom. The number of hydrogen-bond acceptors (Lipinski definition) is 2. The highest BCUT2D eigenvalue weighted by Gasteiger charge is 2.13. The van der Waals surface area contributed by atoms with Crippen LogP contribution in [-0.2, 0) is 6.54 Å². The van der Waals surface area contributed by atoms with Gasteiger partial charge in [0.05, 0.1) is 5.69 Å². The van der Waals surface area contributed by atoms with Gasteiger partial charge in [0.15, 0.2) is 12.4 Å². The fourth-order valence-corrected chi connectivity index (χ4v) is 2.33. The van der Waals surface area contributed by atoms with Crippen molar-refractivity contribution in [3.05, 3.63) is 96.1 Å². The molecule has 0 aliphatic carbocycles. The molecule has 0 spiro atoms. The summed E-state index contributed by atoms with van der Waals surface area (Å²) in [7, 11) is 0. The average Bonchev–Trinajstić information content (AvgIpc) is 2.64. The number of nitrogens with one attached hydrogen (secondary N) is 1. The van der Waals surface area contributed by atoms with Gasteiger partial charge in [0.2, 0.25) is 12.3 Å². The van der Waals surface area contributed by atoms with Crippen molar-refractivity contribution in [1.29, 1.82) is 0 Å². The first-order chi connectivity index (χ1) is 12.1. The van der Waals surface area contributed by atoms with Crippen LogP contribution in [0.2, 0.25) is 0 Å². The third-order valence-corrected chi connectivity index (χ3v) is 3.68. The van der Waals surface area contributed by atoms with Crippen molar-refractivity contribution in [2.24, 2.45) is 0 Å². The predicted molar refractivity (Wildman–Crippen MR) is 91.8 cm³/mol. The zero-order chi connectivity index (χ0) is 17.6. The molecule has 0 aliphatic heterocycles. The topological polar surface area (TPSA) is 50.0 Å². The lowest BCUT2D eigenvalue weighted by Gasteiger charge is -2.04. The van der Waals surface area contributed by atoms with Gasteiger partial charge in [-0.3, -0.25) is 9.59 Å². The minimum Gasteiger partial charge on any atom is -1.00 e. The van der Waals surface area contributed by atoms with Crippen molar-refractivity contribution >= 4 is 17.4 Å². The van der Waals surface area contributed by atoms with Gasteiger partial charge in [-0.05, 0) is 36.4 Å². The molecule has 0 fully saturated rings. The van der Waals surface area contributed by atoms with Crippen LogP contribution in [0.5, 0.6) is 0 Å². The largest absolute Gasteiger partial charge is 1.00 e. The zero-order valence-corrected chi connectivity index (χ0v) is 15.3. The van der Waals surface area contributed by atoms with E-state index in [4.69, 9.17) is 0 Å². The number of carbonyl (C=O) groups is 2. The summed E-state index contributed by atoms with van der Waals surface area (Å²) >= 11 is 0. The van der Waals surface area contributed by atoms with Crippen molar-refractivity contribution < 1.29 is 35.5 Å². The fraction of sp³-hybridized carbons (Fsp3) is 0.0500. The van der Waals surface area contributed by atoms with Gasteiger partial charge in [-0.25, -0.2) is 4.39 Å². The Hall–Kier alpha value is -2.86. The third kappa shape index (κ3) is 5.07. The van der Waals surface area contributed by atoms with Crippen LogP contribution in [0.4, 0.5) is 10.1 Å². The van der Waals surface area contributed by atoms with Crippen LogP contribution in [-0.4, -0.2) is 11.7 Å². The summed E-state index contributed by atoms with van der Waals surface area (Å²) in [5.41, 5.74) is 1.67. The van der Waals surface area contributed by atoms with E-state index in [2.05, 4.69) is 5.32 Å². The molecular weight excluding hydrogens is 399 g/mol. The number of rotatable bonds is 5. The summed E-state index contributed by atoms with van der Waals surface area (Å²) in [6.07, 6.45) is 3.42. The standard InChI is InChI=1S/C20H15FN2O2.BrH/c21-17-8-6-15(7-9-17)19(24)14-23-12-10-18(11-13-23)22-20(25)16-4-2-1-3-5-16;/h1-13H,14H2;1H. The van der Waals surface area contributed by atoms with Crippen LogP contribution in [0.15, 0.2) is 79.1 Å². The number of aromatic nitrogens is 1. The summed E-state index contributed by atoms with van der Waals surface area (Å²) < 4.78 is 14.6. The summed E-state index contributed by atoms with van der Waals surface area (Å²) in [4.78, 5) is 24.2. The van der Waals surface area contributed by atoms with Gasteiger partial charge < -0.3 is 22.3 Å². The molecule has 3 aromatic rings. The Morgan fingerprint density at radius 3 is 2.08 bits per heavy atom. The van der Waals surface area contributed by atoms with Crippen molar-refractivity contribution in [2.45, 2.75) is 6.54 Å². The lowest BCUT2D eigenvalue weighted by Crippen LogP contribution is -3.00. The second-order valence-corrected chi connectivity index (χ2v) is 5.51. The van der Waals surface area contributed by atoms with E-state index in [0.29, 0.717) is 16.8 Å². The first-order valence-electron chi connectivity index (χ1n) is 7.76. The fourth-order valence-electron chi connectivity index (χ4n) is 2.33. The van der Waals surface area contributed by atoms with Crippen LogP contribution in [0.25, 0.3) is 0 Å². The lowest BCUT2D eigenvalue weighted by atomic mass is 10.1. The summed E-state index contributed by atoms with van der Waals surface area (Å²) in [6.45, 7) is 0.137. The Labute approximate surface area is 161 Å². The van der Waals surface area contributed by atoms with Gasteiger partial charge in [-0.1, -0.05) is 18.2 Å². The number of hydrogen-bond donors (Lipinski definition) is 1. The second-order valence-electron chi connectivity index (χ2n) is 5.51. The zero-order valence-electron chi connectivity index (χ0n) is 13.7. The number of Topliss-reactive ketones (excluding diaryl/α,β-unsaturated/α-hetero) is 1. The number of carbonyl (C=O) groups excluding carboxylic acids is 2. The number of ketones is 1. The van der Waals surface area contributed by atoms with Gasteiger partial charge in [0.1, 0.15) is 5.82 Å². The number of amides is 1. The second kappa shape index (κ2) is 9.01. The van der Waals surface area contributed by atoms with Crippen molar-refractivity contribution in [2.75, 3.05) is 5.32 Å². The first-order valence-corrected chi connectivity index (χ1v) is 7.76. The molecule has 0 saturated heterocycles. The molecule has 26 heavy (non-hydrogen) atoms. The van der Waals surface area contributed by atoms with Crippen LogP contribution in [0, 0.1) is 5.82 Å². The van der Waals surface area contributed by atoms with E-state index in [1.54, 1.807) is 53.4 Å². The van der Waals surface area contributed by atoms with Gasteiger partial charge in [-0.15, -0.1) is 0 Å². The molecule has 0 aliphatic rings. The van der Waals surface area contributed by atoms with Crippen molar-refractivity contribution in [1.82, 2.24) is 0 Å². The number of pyridine rings is 1. The molecule has 4 nitrogen and oxygen atoms in total. The molecule has 1 aromatic heterocycles. The highest BCUT2D eigenvalue weighted by Crippen LogP contribution is 2.08. The number of halogens is 2. The quantitative estimate of drug-likeness (QED) is 0.480. The summed E-state index contributed by atoms with van der Waals surface area (Å²) in [5.74, 6) is -0.686. The number of nitrogens with zero attached hydrogens (tertiary/aromatic N) is 1. The van der Waals surface area contributed by atoms with E-state index in [-0.39, 0.29) is 41.0 Å². The highest BCUT2D eigenvalue weighted by atomic mass is 79.9. The first kappa shape index (κ1) is 19.5. The maximum Gasteiger partial charge on any atom is 0.255 e. The van der Waals surface area contributed by atoms with Gasteiger partial charge in [0.25, 0.3) is 5.91 Å². The van der Waals surface area contributed by atoms with Crippen LogP contribution >= 0.6 is 0 Å².